The van der Waals surface area contributed by atoms with E-state index in [-0.39, 0.29) is 11.3 Å². The van der Waals surface area contributed by atoms with Gasteiger partial charge in [0.25, 0.3) is 0 Å². The molecule has 3 atom stereocenters. The van der Waals surface area contributed by atoms with Gasteiger partial charge >= 0.3 is 0 Å². The number of benzene rings is 1. The molecule has 2 saturated heterocycles. The molecule has 5 heteroatoms. The molecule has 120 valence electrons. The highest BCUT2D eigenvalue weighted by Gasteiger charge is 2.54. The molecule has 2 aliphatic rings. The van der Waals surface area contributed by atoms with Gasteiger partial charge in [-0.2, -0.15) is 0 Å². The summed E-state index contributed by atoms with van der Waals surface area (Å²) in [5.74, 6) is 0.194. The largest absolute Gasteiger partial charge is 0.355 e. The number of rotatable bonds is 5. The fourth-order valence-corrected chi connectivity index (χ4v) is 4.51. The van der Waals surface area contributed by atoms with Crippen molar-refractivity contribution in [1.82, 2.24) is 10.6 Å². The minimum atomic E-state index is -0.216. The lowest BCUT2D eigenvalue weighted by atomic mass is 9.71. The zero-order valence-corrected chi connectivity index (χ0v) is 14.3. The van der Waals surface area contributed by atoms with Crippen molar-refractivity contribution < 1.29 is 4.79 Å². The highest BCUT2D eigenvalue weighted by molar-refractivity contribution is 6.35. The number of carbonyl (C=O) groups is 1. The van der Waals surface area contributed by atoms with Crippen LogP contribution in [0.25, 0.3) is 0 Å². The van der Waals surface area contributed by atoms with E-state index >= 15 is 0 Å². The van der Waals surface area contributed by atoms with Crippen LogP contribution < -0.4 is 10.6 Å². The van der Waals surface area contributed by atoms with Crippen LogP contribution in [0.2, 0.25) is 10.0 Å². The Kier molecular flexibility index (Phi) is 4.67. The molecule has 1 amide bonds. The van der Waals surface area contributed by atoms with Gasteiger partial charge in [-0.1, -0.05) is 36.2 Å². The Morgan fingerprint density at radius 3 is 2.82 bits per heavy atom. The molecule has 2 bridgehead atoms. The Bertz CT molecular complexity index is 578. The maximum absolute atomic E-state index is 12.7. The van der Waals surface area contributed by atoms with Crippen LogP contribution in [0.15, 0.2) is 18.2 Å². The first-order valence-electron chi connectivity index (χ1n) is 8.03. The van der Waals surface area contributed by atoms with Crippen molar-refractivity contribution in [2.45, 2.75) is 51.1 Å². The van der Waals surface area contributed by atoms with Crippen LogP contribution in [-0.4, -0.2) is 24.5 Å². The van der Waals surface area contributed by atoms with Crippen LogP contribution in [0.4, 0.5) is 0 Å². The Balaban J connectivity index is 1.58. The van der Waals surface area contributed by atoms with Crippen LogP contribution in [-0.2, 0) is 11.2 Å². The molecule has 3 nitrogen and oxygen atoms in total. The van der Waals surface area contributed by atoms with Crippen molar-refractivity contribution in [1.29, 1.82) is 0 Å². The molecule has 2 fully saturated rings. The van der Waals surface area contributed by atoms with E-state index < -0.39 is 0 Å². The van der Waals surface area contributed by atoms with Gasteiger partial charge in [0, 0.05) is 28.7 Å². The van der Waals surface area contributed by atoms with E-state index in [9.17, 15) is 4.79 Å². The average molecular weight is 341 g/mol. The fraction of sp³-hybridized carbons (Fsp3) is 0.588. The van der Waals surface area contributed by atoms with Crippen molar-refractivity contribution in [2.24, 2.45) is 5.41 Å². The SMILES string of the molecule is CC[C@@]1(C(=O)NCCc2ccc(Cl)cc2Cl)C[C@@H]2CC[C@H]1N2. The first-order valence-corrected chi connectivity index (χ1v) is 8.79. The Labute approximate surface area is 141 Å². The first kappa shape index (κ1) is 16.1. The number of amides is 1. The van der Waals surface area contributed by atoms with Crippen LogP contribution in [0.1, 0.15) is 38.2 Å². The van der Waals surface area contributed by atoms with Crippen molar-refractivity contribution in [3.8, 4) is 0 Å². The van der Waals surface area contributed by atoms with Gasteiger partial charge in [-0.05, 0) is 49.8 Å². The van der Waals surface area contributed by atoms with E-state index in [0.29, 0.717) is 28.7 Å². The summed E-state index contributed by atoms with van der Waals surface area (Å²) in [4.78, 5) is 12.7. The predicted octanol–water partition coefficient (Wildman–Crippen LogP) is 3.57. The molecule has 2 heterocycles. The number of halogens is 2. The topological polar surface area (TPSA) is 41.1 Å². The molecule has 0 radical (unpaired) electrons. The van der Waals surface area contributed by atoms with Crippen molar-refractivity contribution in [3.63, 3.8) is 0 Å². The second-order valence-electron chi connectivity index (χ2n) is 6.45. The molecule has 0 aromatic heterocycles. The number of nitrogens with one attached hydrogen (secondary N) is 2. The summed E-state index contributed by atoms with van der Waals surface area (Å²) in [6.07, 6.45) is 4.93. The summed E-state index contributed by atoms with van der Waals surface area (Å²) < 4.78 is 0. The van der Waals surface area contributed by atoms with Crippen molar-refractivity contribution in [3.05, 3.63) is 33.8 Å². The molecule has 2 aliphatic heterocycles. The molecule has 0 spiro atoms. The number of hydrogen-bond acceptors (Lipinski definition) is 2. The Morgan fingerprint density at radius 1 is 1.41 bits per heavy atom. The molecule has 0 saturated carbocycles. The van der Waals surface area contributed by atoms with Crippen molar-refractivity contribution in [2.75, 3.05) is 6.54 Å². The molecule has 3 rings (SSSR count). The third-order valence-electron chi connectivity index (χ3n) is 5.30. The van der Waals surface area contributed by atoms with E-state index in [2.05, 4.69) is 17.6 Å². The third kappa shape index (κ3) is 2.86. The fourth-order valence-electron chi connectivity index (χ4n) is 4.01. The van der Waals surface area contributed by atoms with Crippen LogP contribution >= 0.6 is 23.2 Å². The number of fused-ring (bicyclic) bond motifs is 2. The monoisotopic (exact) mass is 340 g/mol. The highest BCUT2D eigenvalue weighted by Crippen LogP contribution is 2.45. The van der Waals surface area contributed by atoms with E-state index in [1.54, 1.807) is 6.07 Å². The normalized spacial score (nSPS) is 29.8. The summed E-state index contributed by atoms with van der Waals surface area (Å²) in [7, 11) is 0. The van der Waals surface area contributed by atoms with Crippen molar-refractivity contribution >= 4 is 29.1 Å². The van der Waals surface area contributed by atoms with Crippen LogP contribution in [0.3, 0.4) is 0 Å². The van der Waals surface area contributed by atoms with Gasteiger partial charge in [0.15, 0.2) is 0 Å². The summed E-state index contributed by atoms with van der Waals surface area (Å²) >= 11 is 12.1. The first-order chi connectivity index (χ1) is 10.5. The predicted molar refractivity (Wildman–Crippen MR) is 90.5 cm³/mol. The second-order valence-corrected chi connectivity index (χ2v) is 7.29. The molecular formula is C17H22Cl2N2O. The zero-order chi connectivity index (χ0) is 15.7. The van der Waals surface area contributed by atoms with Gasteiger partial charge in [0.1, 0.15) is 0 Å². The van der Waals surface area contributed by atoms with E-state index in [0.717, 1.165) is 31.2 Å². The maximum atomic E-state index is 12.7. The summed E-state index contributed by atoms with van der Waals surface area (Å²) in [6, 6.07) is 6.37. The lowest BCUT2D eigenvalue weighted by Crippen LogP contribution is -2.48. The smallest absolute Gasteiger partial charge is 0.227 e. The molecule has 2 N–H and O–H groups in total. The van der Waals surface area contributed by atoms with E-state index in [1.807, 2.05) is 12.1 Å². The van der Waals surface area contributed by atoms with Gasteiger partial charge in [-0.15, -0.1) is 0 Å². The Hall–Kier alpha value is -0.770. The average Bonchev–Trinajstić information content (AvgIpc) is 3.10. The van der Waals surface area contributed by atoms with Crippen LogP contribution in [0.5, 0.6) is 0 Å². The van der Waals surface area contributed by atoms with Gasteiger partial charge in [-0.3, -0.25) is 4.79 Å². The zero-order valence-electron chi connectivity index (χ0n) is 12.8. The quantitative estimate of drug-likeness (QED) is 0.860. The summed E-state index contributed by atoms with van der Waals surface area (Å²) in [6.45, 7) is 2.73. The number of hydrogen-bond donors (Lipinski definition) is 2. The molecule has 1 aromatic carbocycles. The minimum absolute atomic E-state index is 0.194. The lowest BCUT2D eigenvalue weighted by Gasteiger charge is -2.34. The standard InChI is InChI=1S/C17H22Cl2N2O/c1-2-17(10-13-5-6-15(17)21-13)16(22)20-8-7-11-3-4-12(18)9-14(11)19/h3-4,9,13,15,21H,2,5-8,10H2,1H3,(H,20,22)/t13-,15+,17+/m0/s1. The van der Waals surface area contributed by atoms with Gasteiger partial charge in [-0.25, -0.2) is 0 Å². The van der Waals surface area contributed by atoms with Gasteiger partial charge in [0.05, 0.1) is 5.41 Å². The maximum Gasteiger partial charge on any atom is 0.227 e. The summed E-state index contributed by atoms with van der Waals surface area (Å²) in [5.41, 5.74) is 0.801. The molecule has 1 aromatic rings. The Morgan fingerprint density at radius 2 is 2.23 bits per heavy atom. The lowest BCUT2D eigenvalue weighted by molar-refractivity contribution is -0.132. The van der Waals surface area contributed by atoms with E-state index in [1.165, 1.54) is 6.42 Å². The minimum Gasteiger partial charge on any atom is -0.355 e. The molecule has 0 aliphatic carbocycles. The number of carbonyl (C=O) groups excluding carboxylic acids is 1. The van der Waals surface area contributed by atoms with E-state index in [4.69, 9.17) is 23.2 Å². The van der Waals surface area contributed by atoms with Crippen LogP contribution in [0, 0.1) is 5.41 Å². The van der Waals surface area contributed by atoms with Gasteiger partial charge in [0.2, 0.25) is 5.91 Å². The molecule has 0 unspecified atom stereocenters. The molecule has 22 heavy (non-hydrogen) atoms. The summed E-state index contributed by atoms with van der Waals surface area (Å²) in [5, 5.41) is 7.99. The van der Waals surface area contributed by atoms with Gasteiger partial charge < -0.3 is 10.6 Å². The third-order valence-corrected chi connectivity index (χ3v) is 5.88. The molecular weight excluding hydrogens is 319 g/mol. The highest BCUT2D eigenvalue weighted by atomic mass is 35.5. The second kappa shape index (κ2) is 6.38.